The van der Waals surface area contributed by atoms with Crippen LogP contribution in [-0.2, 0) is 16.0 Å². The zero-order chi connectivity index (χ0) is 31.8. The van der Waals surface area contributed by atoms with E-state index in [-0.39, 0.29) is 23.9 Å². The predicted octanol–water partition coefficient (Wildman–Crippen LogP) is 5.03. The van der Waals surface area contributed by atoms with E-state index in [0.717, 1.165) is 52.0 Å². The van der Waals surface area contributed by atoms with E-state index in [4.69, 9.17) is 16.5 Å². The van der Waals surface area contributed by atoms with Gasteiger partial charge in [-0.15, -0.1) is 0 Å². The number of hydrogen-bond acceptors (Lipinski definition) is 6. The van der Waals surface area contributed by atoms with E-state index in [1.807, 2.05) is 24.3 Å². The minimum atomic E-state index is -0.947. The molecule has 0 bridgehead atoms. The highest BCUT2D eigenvalue weighted by molar-refractivity contribution is 6.17. The molecule has 1 fully saturated rings. The molecule has 2 amide bonds. The first-order chi connectivity index (χ1) is 21.6. The maximum absolute atomic E-state index is 14.0. The molecule has 0 aliphatic heterocycles. The Kier molecular flexibility index (Phi) is 8.44. The van der Waals surface area contributed by atoms with Gasteiger partial charge in [0.25, 0.3) is 5.91 Å². The van der Waals surface area contributed by atoms with Crippen molar-refractivity contribution in [3.63, 3.8) is 0 Å². The summed E-state index contributed by atoms with van der Waals surface area (Å²) in [6.45, 7) is 6.91. The van der Waals surface area contributed by atoms with E-state index in [1.54, 1.807) is 18.2 Å². The zero-order valence-electron chi connectivity index (χ0n) is 26.0. The van der Waals surface area contributed by atoms with E-state index >= 15 is 0 Å². The van der Waals surface area contributed by atoms with Crippen LogP contribution in [0.25, 0.3) is 33.2 Å². The summed E-state index contributed by atoms with van der Waals surface area (Å²) in [6, 6.07) is 16.3. The van der Waals surface area contributed by atoms with Crippen molar-refractivity contribution in [3.05, 3.63) is 82.0 Å². The number of carbonyl (C=O) groups excluding carboxylic acids is 2. The Hall–Kier alpha value is -4.54. The van der Waals surface area contributed by atoms with Gasteiger partial charge in [0.1, 0.15) is 5.82 Å². The normalized spacial score (nSPS) is 17.6. The Morgan fingerprint density at radius 3 is 2.33 bits per heavy atom. The average molecular weight is 608 g/mol. The van der Waals surface area contributed by atoms with Crippen molar-refractivity contribution in [2.45, 2.75) is 64.8 Å². The van der Waals surface area contributed by atoms with E-state index in [9.17, 15) is 14.4 Å². The first-order valence-corrected chi connectivity index (χ1v) is 15.8. The third kappa shape index (κ3) is 6.21. The number of hydrogen-bond donors (Lipinski definition) is 5. The summed E-state index contributed by atoms with van der Waals surface area (Å²) in [5, 5.41) is 0. The van der Waals surface area contributed by atoms with Gasteiger partial charge in [-0.3, -0.25) is 9.59 Å². The van der Waals surface area contributed by atoms with Crippen LogP contribution >= 0.6 is 0 Å². The Bertz CT molecular complexity index is 1910. The first kappa shape index (κ1) is 30.5. The second kappa shape index (κ2) is 12.5. The first-order valence-electron chi connectivity index (χ1n) is 15.8. The van der Waals surface area contributed by atoms with E-state index in [1.165, 1.54) is 4.90 Å². The van der Waals surface area contributed by atoms with Crippen LogP contribution in [0.1, 0.15) is 62.4 Å². The van der Waals surface area contributed by atoms with E-state index in [2.05, 4.69) is 47.9 Å². The lowest BCUT2D eigenvalue weighted by molar-refractivity contribution is -0.130. The van der Waals surface area contributed by atoms with Crippen LogP contribution in [-0.4, -0.2) is 44.3 Å². The number of aromatic amines is 3. The Morgan fingerprint density at radius 1 is 0.933 bits per heavy atom. The number of nitrogens with one attached hydrogen (secondary N) is 3. The molecule has 5 aromatic rings. The van der Waals surface area contributed by atoms with Crippen LogP contribution in [0.2, 0.25) is 0 Å². The van der Waals surface area contributed by atoms with Crippen molar-refractivity contribution in [2.75, 3.05) is 11.4 Å². The molecule has 45 heavy (non-hydrogen) atoms. The number of carbonyl (C=O) groups is 2. The summed E-state index contributed by atoms with van der Waals surface area (Å²) in [7, 11) is 0. The molecule has 10 nitrogen and oxygen atoms in total. The van der Waals surface area contributed by atoms with Crippen molar-refractivity contribution < 1.29 is 9.59 Å². The molecule has 0 unspecified atom stereocenters. The molecular formula is C35H41N7O3. The Morgan fingerprint density at radius 2 is 1.64 bits per heavy atom. The van der Waals surface area contributed by atoms with Crippen molar-refractivity contribution in [1.29, 1.82) is 0 Å². The van der Waals surface area contributed by atoms with Crippen molar-refractivity contribution in [3.8, 4) is 11.1 Å². The number of aryl methyl sites for hydroxylation is 1. The van der Waals surface area contributed by atoms with Crippen LogP contribution < -0.4 is 22.1 Å². The van der Waals surface area contributed by atoms with Gasteiger partial charge < -0.3 is 26.4 Å². The Balaban J connectivity index is 1.23. The molecule has 234 valence electrons. The molecule has 0 saturated heterocycles. The number of fused-ring (bicyclic) bond motifs is 2. The van der Waals surface area contributed by atoms with Gasteiger partial charge in [0.15, 0.2) is 0 Å². The van der Waals surface area contributed by atoms with Gasteiger partial charge in [0.2, 0.25) is 5.91 Å². The van der Waals surface area contributed by atoms with Crippen LogP contribution in [0.4, 0.5) is 5.69 Å². The molecule has 0 spiro atoms. The predicted molar refractivity (Wildman–Crippen MR) is 178 cm³/mol. The second-order valence-corrected chi connectivity index (χ2v) is 12.7. The number of rotatable bonds is 8. The Labute approximate surface area is 261 Å². The molecule has 10 heteroatoms. The molecule has 1 saturated carbocycles. The summed E-state index contributed by atoms with van der Waals surface area (Å²) in [5.74, 6) is 0.646. The van der Waals surface area contributed by atoms with E-state index in [0.29, 0.717) is 47.9 Å². The quantitative estimate of drug-likeness (QED) is 0.166. The summed E-state index contributed by atoms with van der Waals surface area (Å²) >= 11 is 0. The number of imide groups is 1. The minimum absolute atomic E-state index is 0.261. The molecule has 2 heterocycles. The third-order valence-corrected chi connectivity index (χ3v) is 9.16. The maximum atomic E-state index is 14.0. The lowest BCUT2D eigenvalue weighted by atomic mass is 9.81. The number of nitrogens with zero attached hydrogens (tertiary/aromatic N) is 2. The second-order valence-electron chi connectivity index (χ2n) is 12.7. The molecular weight excluding hydrogens is 566 g/mol. The smallest absolute Gasteiger partial charge is 0.323 e. The van der Waals surface area contributed by atoms with Crippen LogP contribution in [0.5, 0.6) is 0 Å². The van der Waals surface area contributed by atoms with Crippen molar-refractivity contribution in [2.24, 2.45) is 23.3 Å². The SMILES string of the molecule is Cc1cc2[nH]c(C(C)C)nc2cc1-c1ccc(C[C@H](N)C(=O)N(c2ccc3[nH]c(=O)[nH]c3c2)C(=O)[C@H]2CC[C@H](CN)CC2)cc1. The van der Waals surface area contributed by atoms with Crippen LogP contribution in [0, 0.1) is 18.8 Å². The van der Waals surface area contributed by atoms with Gasteiger partial charge in [0, 0.05) is 11.8 Å². The monoisotopic (exact) mass is 607 g/mol. The summed E-state index contributed by atoms with van der Waals surface area (Å²) in [4.78, 5) is 54.6. The molecule has 0 radical (unpaired) electrons. The maximum Gasteiger partial charge on any atom is 0.323 e. The summed E-state index contributed by atoms with van der Waals surface area (Å²) < 4.78 is 0. The lowest BCUT2D eigenvalue weighted by Crippen LogP contribution is -2.50. The molecule has 1 atom stereocenters. The van der Waals surface area contributed by atoms with Gasteiger partial charge in [0.05, 0.1) is 33.8 Å². The minimum Gasteiger partial charge on any atom is -0.342 e. The van der Waals surface area contributed by atoms with Crippen LogP contribution in [0.3, 0.4) is 0 Å². The average Bonchev–Trinajstić information content (AvgIpc) is 3.63. The van der Waals surface area contributed by atoms with Crippen molar-refractivity contribution in [1.82, 2.24) is 19.9 Å². The largest absolute Gasteiger partial charge is 0.342 e. The molecule has 6 rings (SSSR count). The van der Waals surface area contributed by atoms with Gasteiger partial charge >= 0.3 is 5.69 Å². The number of anilines is 1. The highest BCUT2D eigenvalue weighted by atomic mass is 16.2. The number of imidazole rings is 2. The number of benzene rings is 3. The zero-order valence-corrected chi connectivity index (χ0v) is 26.0. The molecule has 1 aliphatic carbocycles. The molecule has 1 aliphatic rings. The van der Waals surface area contributed by atoms with Gasteiger partial charge in [-0.25, -0.2) is 14.7 Å². The highest BCUT2D eigenvalue weighted by Crippen LogP contribution is 2.32. The number of aromatic nitrogens is 4. The third-order valence-electron chi connectivity index (χ3n) is 9.16. The van der Waals surface area contributed by atoms with Gasteiger partial charge in [-0.1, -0.05) is 38.1 Å². The number of amides is 2. The van der Waals surface area contributed by atoms with Crippen molar-refractivity contribution >= 4 is 39.6 Å². The van der Waals surface area contributed by atoms with E-state index < -0.39 is 11.9 Å². The topological polar surface area (TPSA) is 167 Å². The number of nitrogens with two attached hydrogens (primary N) is 2. The lowest BCUT2D eigenvalue weighted by Gasteiger charge is -2.32. The number of H-pyrrole nitrogens is 3. The highest BCUT2D eigenvalue weighted by Gasteiger charge is 2.35. The molecule has 7 N–H and O–H groups in total. The van der Waals surface area contributed by atoms with Crippen LogP contribution in [0.15, 0.2) is 59.4 Å². The molecule has 2 aromatic heterocycles. The fourth-order valence-corrected chi connectivity index (χ4v) is 6.45. The summed E-state index contributed by atoms with van der Waals surface area (Å²) in [6.07, 6.45) is 3.31. The molecule has 3 aromatic carbocycles. The van der Waals surface area contributed by atoms with Gasteiger partial charge in [-0.05, 0) is 104 Å². The van der Waals surface area contributed by atoms with Gasteiger partial charge in [-0.2, -0.15) is 0 Å². The summed E-state index contributed by atoms with van der Waals surface area (Å²) in [5.41, 5.74) is 19.7. The fourth-order valence-electron chi connectivity index (χ4n) is 6.45. The fraction of sp³-hybridized carbons (Fsp3) is 0.371. The standard InChI is InChI=1S/C35H41N7O3/c1-19(2)32-38-29-14-20(3)26(17-31(29)39-32)23-8-4-21(5-9-23)15-27(37)34(44)42(33(43)24-10-6-22(18-36)7-11-24)25-12-13-28-30(16-25)41-35(45)40-28/h4-5,8-9,12-14,16-17,19,22,24,27H,6-7,10-11,15,18,36-37H2,1-3H3,(H,38,39)(H2,40,41,45)/t22-,24-,27-/m0/s1.